The minimum absolute atomic E-state index is 0.373. The number of hydrogen-bond donors (Lipinski definition) is 1. The number of anilines is 1. The van der Waals surface area contributed by atoms with Crippen molar-refractivity contribution in [3.8, 4) is 5.75 Å². The molecule has 5 nitrogen and oxygen atoms in total. The van der Waals surface area contributed by atoms with E-state index in [-0.39, 0.29) is 0 Å². The quantitative estimate of drug-likeness (QED) is 0.812. The lowest BCUT2D eigenvalue weighted by Gasteiger charge is -2.07. The first kappa shape index (κ1) is 11.4. The van der Waals surface area contributed by atoms with Crippen molar-refractivity contribution in [3.05, 3.63) is 35.9 Å². The molecular formula is C12H16N4O. The van der Waals surface area contributed by atoms with E-state index < -0.39 is 0 Å². The van der Waals surface area contributed by atoms with Crippen molar-refractivity contribution in [1.82, 2.24) is 14.8 Å². The SMILES string of the molecule is CCc1nc(COc2ccccc2N)n(C)n1. The molecule has 0 aliphatic carbocycles. The number of para-hydroxylation sites is 2. The summed E-state index contributed by atoms with van der Waals surface area (Å²) in [5.74, 6) is 2.30. The number of benzene rings is 1. The molecule has 0 bridgehead atoms. The first-order valence-electron chi connectivity index (χ1n) is 5.56. The molecule has 1 heterocycles. The summed E-state index contributed by atoms with van der Waals surface area (Å²) in [5.41, 5.74) is 6.42. The molecule has 0 aliphatic heterocycles. The number of hydrogen-bond acceptors (Lipinski definition) is 4. The Kier molecular flexibility index (Phi) is 3.27. The van der Waals surface area contributed by atoms with Gasteiger partial charge < -0.3 is 10.5 Å². The monoisotopic (exact) mass is 232 g/mol. The van der Waals surface area contributed by atoms with Crippen molar-refractivity contribution in [2.45, 2.75) is 20.0 Å². The summed E-state index contributed by atoms with van der Waals surface area (Å²) < 4.78 is 7.35. The Bertz CT molecular complexity index is 507. The van der Waals surface area contributed by atoms with Gasteiger partial charge in [0.2, 0.25) is 0 Å². The molecule has 1 aromatic carbocycles. The van der Waals surface area contributed by atoms with Crippen molar-refractivity contribution in [2.75, 3.05) is 5.73 Å². The minimum Gasteiger partial charge on any atom is -0.483 e. The molecule has 17 heavy (non-hydrogen) atoms. The molecule has 0 radical (unpaired) electrons. The standard InChI is InChI=1S/C12H16N4O/c1-3-11-14-12(16(2)15-11)8-17-10-7-5-4-6-9(10)13/h4-7H,3,8,13H2,1-2H3. The molecule has 0 saturated carbocycles. The van der Waals surface area contributed by atoms with E-state index in [0.29, 0.717) is 18.0 Å². The lowest BCUT2D eigenvalue weighted by atomic mass is 10.3. The van der Waals surface area contributed by atoms with Gasteiger partial charge in [0.15, 0.2) is 11.6 Å². The summed E-state index contributed by atoms with van der Waals surface area (Å²) in [5, 5.41) is 4.26. The highest BCUT2D eigenvalue weighted by atomic mass is 16.5. The van der Waals surface area contributed by atoms with Gasteiger partial charge >= 0.3 is 0 Å². The Labute approximate surface area is 100 Å². The molecule has 0 atom stereocenters. The zero-order chi connectivity index (χ0) is 12.3. The largest absolute Gasteiger partial charge is 0.483 e. The van der Waals surface area contributed by atoms with E-state index in [1.54, 1.807) is 4.68 Å². The van der Waals surface area contributed by atoms with E-state index >= 15 is 0 Å². The fourth-order valence-electron chi connectivity index (χ4n) is 1.50. The summed E-state index contributed by atoms with van der Waals surface area (Å²) >= 11 is 0. The summed E-state index contributed by atoms with van der Waals surface area (Å²) in [6, 6.07) is 7.41. The highest BCUT2D eigenvalue weighted by Crippen LogP contribution is 2.20. The van der Waals surface area contributed by atoms with E-state index in [1.807, 2.05) is 38.2 Å². The summed E-state index contributed by atoms with van der Waals surface area (Å²) in [6.45, 7) is 2.40. The minimum atomic E-state index is 0.373. The van der Waals surface area contributed by atoms with Gasteiger partial charge in [-0.2, -0.15) is 5.10 Å². The lowest BCUT2D eigenvalue weighted by molar-refractivity contribution is 0.291. The first-order valence-corrected chi connectivity index (χ1v) is 5.56. The van der Waals surface area contributed by atoms with E-state index in [4.69, 9.17) is 10.5 Å². The highest BCUT2D eigenvalue weighted by Gasteiger charge is 2.07. The normalized spacial score (nSPS) is 10.5. The van der Waals surface area contributed by atoms with Crippen LogP contribution in [0.15, 0.2) is 24.3 Å². The number of aryl methyl sites for hydroxylation is 2. The summed E-state index contributed by atoms with van der Waals surface area (Å²) in [6.07, 6.45) is 0.821. The van der Waals surface area contributed by atoms with E-state index in [2.05, 4.69) is 10.1 Å². The maximum absolute atomic E-state index is 5.79. The second-order valence-electron chi connectivity index (χ2n) is 3.75. The van der Waals surface area contributed by atoms with E-state index in [0.717, 1.165) is 18.1 Å². The summed E-state index contributed by atoms with van der Waals surface area (Å²) in [4.78, 5) is 4.36. The van der Waals surface area contributed by atoms with Crippen LogP contribution in [0.5, 0.6) is 5.75 Å². The van der Waals surface area contributed by atoms with Crippen LogP contribution in [0, 0.1) is 0 Å². The molecule has 0 saturated heterocycles. The molecule has 90 valence electrons. The number of nitrogen functional groups attached to an aromatic ring is 1. The van der Waals surface area contributed by atoms with E-state index in [9.17, 15) is 0 Å². The lowest BCUT2D eigenvalue weighted by Crippen LogP contribution is -2.05. The topological polar surface area (TPSA) is 66.0 Å². The van der Waals surface area contributed by atoms with Crippen molar-refractivity contribution < 1.29 is 4.74 Å². The molecular weight excluding hydrogens is 216 g/mol. The van der Waals surface area contributed by atoms with Crippen LogP contribution in [0.2, 0.25) is 0 Å². The third kappa shape index (κ3) is 2.55. The maximum atomic E-state index is 5.79. The van der Waals surface area contributed by atoms with Gasteiger partial charge in [-0.1, -0.05) is 19.1 Å². The second kappa shape index (κ2) is 4.86. The van der Waals surface area contributed by atoms with Gasteiger partial charge in [0.25, 0.3) is 0 Å². The Hall–Kier alpha value is -2.04. The highest BCUT2D eigenvalue weighted by molar-refractivity contribution is 5.51. The first-order chi connectivity index (χ1) is 8.20. The van der Waals surface area contributed by atoms with Crippen molar-refractivity contribution >= 4 is 5.69 Å². The van der Waals surface area contributed by atoms with Gasteiger partial charge in [0, 0.05) is 13.5 Å². The fraction of sp³-hybridized carbons (Fsp3) is 0.333. The number of aromatic nitrogens is 3. The van der Waals surface area contributed by atoms with Crippen molar-refractivity contribution in [3.63, 3.8) is 0 Å². The van der Waals surface area contributed by atoms with Crippen LogP contribution < -0.4 is 10.5 Å². The molecule has 2 rings (SSSR count). The van der Waals surface area contributed by atoms with Gasteiger partial charge in [-0.05, 0) is 12.1 Å². The molecule has 0 unspecified atom stereocenters. The number of nitrogens with zero attached hydrogens (tertiary/aromatic N) is 3. The van der Waals surface area contributed by atoms with Crippen molar-refractivity contribution in [1.29, 1.82) is 0 Å². The number of nitrogens with two attached hydrogens (primary N) is 1. The van der Waals surface area contributed by atoms with Crippen LogP contribution in [0.4, 0.5) is 5.69 Å². The second-order valence-corrected chi connectivity index (χ2v) is 3.75. The van der Waals surface area contributed by atoms with Gasteiger partial charge in [0.05, 0.1) is 5.69 Å². The average Bonchev–Trinajstić information content (AvgIpc) is 2.69. The predicted molar refractivity (Wildman–Crippen MR) is 65.6 cm³/mol. The van der Waals surface area contributed by atoms with Crippen LogP contribution in [0.1, 0.15) is 18.6 Å². The number of rotatable bonds is 4. The molecule has 5 heteroatoms. The Morgan fingerprint density at radius 1 is 1.35 bits per heavy atom. The maximum Gasteiger partial charge on any atom is 0.164 e. The molecule has 2 aromatic rings. The average molecular weight is 232 g/mol. The predicted octanol–water partition coefficient (Wildman–Crippen LogP) is 1.54. The molecule has 1 aromatic heterocycles. The van der Waals surface area contributed by atoms with Gasteiger partial charge in [0.1, 0.15) is 12.4 Å². The van der Waals surface area contributed by atoms with Crippen molar-refractivity contribution in [2.24, 2.45) is 7.05 Å². The van der Waals surface area contributed by atoms with Crippen LogP contribution >= 0.6 is 0 Å². The van der Waals surface area contributed by atoms with Crippen LogP contribution in [0.3, 0.4) is 0 Å². The fourth-order valence-corrected chi connectivity index (χ4v) is 1.50. The Morgan fingerprint density at radius 2 is 2.12 bits per heavy atom. The van der Waals surface area contributed by atoms with Gasteiger partial charge in [-0.15, -0.1) is 0 Å². The zero-order valence-corrected chi connectivity index (χ0v) is 10.1. The molecule has 0 fully saturated rings. The third-order valence-corrected chi connectivity index (χ3v) is 2.49. The third-order valence-electron chi connectivity index (χ3n) is 2.49. The number of ether oxygens (including phenoxy) is 1. The van der Waals surface area contributed by atoms with Crippen LogP contribution in [-0.4, -0.2) is 14.8 Å². The zero-order valence-electron chi connectivity index (χ0n) is 10.1. The smallest absolute Gasteiger partial charge is 0.164 e. The van der Waals surface area contributed by atoms with Gasteiger partial charge in [-0.25, -0.2) is 9.67 Å². The Balaban J connectivity index is 2.07. The molecule has 2 N–H and O–H groups in total. The van der Waals surface area contributed by atoms with Crippen LogP contribution in [-0.2, 0) is 20.1 Å². The van der Waals surface area contributed by atoms with E-state index in [1.165, 1.54) is 0 Å². The van der Waals surface area contributed by atoms with Gasteiger partial charge in [-0.3, -0.25) is 0 Å². The molecule has 0 amide bonds. The molecule has 0 aliphatic rings. The van der Waals surface area contributed by atoms with Crippen LogP contribution in [0.25, 0.3) is 0 Å². The molecule has 0 spiro atoms. The summed E-state index contributed by atoms with van der Waals surface area (Å²) in [7, 11) is 1.86. The Morgan fingerprint density at radius 3 is 2.76 bits per heavy atom.